The summed E-state index contributed by atoms with van der Waals surface area (Å²) < 4.78 is 26.5. The summed E-state index contributed by atoms with van der Waals surface area (Å²) in [6, 6.07) is 13.3. The van der Waals surface area contributed by atoms with Crippen molar-refractivity contribution in [2.45, 2.75) is 27.2 Å². The van der Waals surface area contributed by atoms with Gasteiger partial charge in [-0.15, -0.1) is 0 Å². The second-order valence-electron chi connectivity index (χ2n) is 6.20. The fraction of sp³-hybridized carbons (Fsp3) is 0.316. The second-order valence-corrected chi connectivity index (χ2v) is 8.12. The summed E-state index contributed by atoms with van der Waals surface area (Å²) in [5.74, 6) is -0.425. The first kappa shape index (κ1) is 19.1. The second kappa shape index (κ2) is 8.27. The number of nitrogens with one attached hydrogen (secondary N) is 2. The normalized spacial score (nSPS) is 11.3. The van der Waals surface area contributed by atoms with E-state index < -0.39 is 10.0 Å². The fourth-order valence-corrected chi connectivity index (χ4v) is 3.71. The third-order valence-electron chi connectivity index (χ3n) is 3.90. The number of anilines is 1. The number of rotatable bonds is 7. The molecule has 0 heterocycles. The molecule has 0 aliphatic carbocycles. The van der Waals surface area contributed by atoms with Gasteiger partial charge < -0.3 is 5.32 Å². The Morgan fingerprint density at radius 3 is 2.20 bits per heavy atom. The molecule has 0 spiro atoms. The molecule has 25 heavy (non-hydrogen) atoms. The number of carbonyl (C=O) groups is 1. The Kier molecular flexibility index (Phi) is 6.33. The quantitative estimate of drug-likeness (QED) is 0.797. The molecule has 0 saturated carbocycles. The van der Waals surface area contributed by atoms with Gasteiger partial charge in [-0.25, -0.2) is 13.1 Å². The van der Waals surface area contributed by atoms with Crippen molar-refractivity contribution < 1.29 is 13.2 Å². The highest BCUT2D eigenvalue weighted by atomic mass is 32.2. The van der Waals surface area contributed by atoms with Gasteiger partial charge in [-0.3, -0.25) is 4.79 Å². The zero-order chi connectivity index (χ0) is 18.4. The van der Waals surface area contributed by atoms with Crippen LogP contribution in [-0.2, 0) is 21.2 Å². The van der Waals surface area contributed by atoms with Crippen LogP contribution in [0, 0.1) is 20.8 Å². The van der Waals surface area contributed by atoms with Crippen molar-refractivity contribution >= 4 is 21.6 Å². The highest BCUT2D eigenvalue weighted by molar-refractivity contribution is 7.89. The maximum Gasteiger partial charge on any atom is 0.239 e. The van der Waals surface area contributed by atoms with Crippen molar-refractivity contribution in [1.82, 2.24) is 4.72 Å². The molecule has 5 nitrogen and oxygen atoms in total. The van der Waals surface area contributed by atoms with Crippen LogP contribution in [0.1, 0.15) is 22.3 Å². The van der Waals surface area contributed by atoms with Crippen molar-refractivity contribution in [3.8, 4) is 0 Å². The van der Waals surface area contributed by atoms with Gasteiger partial charge in [0.2, 0.25) is 15.9 Å². The average molecular weight is 360 g/mol. The van der Waals surface area contributed by atoms with E-state index in [0.29, 0.717) is 6.42 Å². The summed E-state index contributed by atoms with van der Waals surface area (Å²) in [6.07, 6.45) is 0.411. The molecule has 0 atom stereocenters. The first-order chi connectivity index (χ1) is 11.8. The van der Waals surface area contributed by atoms with Gasteiger partial charge in [-0.05, 0) is 43.9 Å². The minimum Gasteiger partial charge on any atom is -0.324 e. The predicted octanol–water partition coefficient (Wildman–Crippen LogP) is 2.71. The number of benzene rings is 2. The number of amides is 1. The molecule has 2 N–H and O–H groups in total. The van der Waals surface area contributed by atoms with Crippen LogP contribution >= 0.6 is 0 Å². The Morgan fingerprint density at radius 1 is 1.00 bits per heavy atom. The molecule has 0 aromatic heterocycles. The van der Waals surface area contributed by atoms with Crippen molar-refractivity contribution in [2.24, 2.45) is 0 Å². The van der Waals surface area contributed by atoms with Gasteiger partial charge in [0.05, 0.1) is 12.3 Å². The molecule has 134 valence electrons. The third kappa shape index (κ3) is 5.99. The van der Waals surface area contributed by atoms with E-state index in [4.69, 9.17) is 0 Å². The van der Waals surface area contributed by atoms with Gasteiger partial charge in [0.15, 0.2) is 0 Å². The molecule has 0 saturated heterocycles. The van der Waals surface area contributed by atoms with Crippen LogP contribution in [0.4, 0.5) is 5.69 Å². The Hall–Kier alpha value is -2.18. The summed E-state index contributed by atoms with van der Waals surface area (Å²) in [5, 5.41) is 2.79. The van der Waals surface area contributed by atoms with Crippen molar-refractivity contribution in [3.63, 3.8) is 0 Å². The zero-order valence-corrected chi connectivity index (χ0v) is 15.6. The minimum atomic E-state index is -3.50. The van der Waals surface area contributed by atoms with Crippen molar-refractivity contribution in [1.29, 1.82) is 0 Å². The third-order valence-corrected chi connectivity index (χ3v) is 5.22. The van der Waals surface area contributed by atoms with Crippen molar-refractivity contribution in [2.75, 3.05) is 17.6 Å². The van der Waals surface area contributed by atoms with Gasteiger partial charge in [0.1, 0.15) is 0 Å². The number of hydrogen-bond acceptors (Lipinski definition) is 3. The van der Waals surface area contributed by atoms with Gasteiger partial charge in [0, 0.05) is 5.69 Å². The predicted molar refractivity (Wildman–Crippen MR) is 101 cm³/mol. The maximum absolute atomic E-state index is 12.1. The Morgan fingerprint density at radius 2 is 1.60 bits per heavy atom. The molecule has 0 unspecified atom stereocenters. The van der Waals surface area contributed by atoms with Crippen LogP contribution in [0.25, 0.3) is 0 Å². The van der Waals surface area contributed by atoms with Crippen LogP contribution < -0.4 is 10.0 Å². The lowest BCUT2D eigenvalue weighted by atomic mass is 10.1. The smallest absolute Gasteiger partial charge is 0.239 e. The lowest BCUT2D eigenvalue weighted by molar-refractivity contribution is -0.115. The molecule has 0 radical (unpaired) electrons. The van der Waals surface area contributed by atoms with Crippen LogP contribution in [0.15, 0.2) is 42.5 Å². The van der Waals surface area contributed by atoms with Crippen LogP contribution in [0.5, 0.6) is 0 Å². The standard InChI is InChI=1S/C19H24N2O3S/c1-14-11-15(2)19(16(3)12-14)21-18(22)13-20-25(23,24)10-9-17-7-5-4-6-8-17/h4-8,11-12,20H,9-10,13H2,1-3H3,(H,21,22). The molecule has 0 aliphatic rings. The summed E-state index contributed by atoms with van der Waals surface area (Å²) in [6.45, 7) is 5.55. The highest BCUT2D eigenvalue weighted by Gasteiger charge is 2.14. The fourth-order valence-electron chi connectivity index (χ4n) is 2.71. The molecular weight excluding hydrogens is 336 g/mol. The molecule has 1 amide bonds. The number of hydrogen-bond donors (Lipinski definition) is 2. The van der Waals surface area contributed by atoms with Crippen LogP contribution in [0.3, 0.4) is 0 Å². The van der Waals surface area contributed by atoms with Gasteiger partial charge in [-0.2, -0.15) is 0 Å². The van der Waals surface area contributed by atoms with E-state index in [1.165, 1.54) is 0 Å². The van der Waals surface area contributed by atoms with E-state index in [1.807, 2.05) is 63.2 Å². The maximum atomic E-state index is 12.1. The largest absolute Gasteiger partial charge is 0.324 e. The first-order valence-corrected chi connectivity index (χ1v) is 9.81. The molecule has 2 aromatic rings. The Balaban J connectivity index is 1.89. The Labute approximate surface area is 149 Å². The number of sulfonamides is 1. The van der Waals surface area contributed by atoms with E-state index in [1.54, 1.807) is 0 Å². The van der Waals surface area contributed by atoms with Gasteiger partial charge in [-0.1, -0.05) is 48.0 Å². The lowest BCUT2D eigenvalue weighted by Gasteiger charge is -2.13. The molecule has 2 rings (SSSR count). The zero-order valence-electron chi connectivity index (χ0n) is 14.8. The summed E-state index contributed by atoms with van der Waals surface area (Å²) >= 11 is 0. The van der Waals surface area contributed by atoms with Crippen LogP contribution in [-0.4, -0.2) is 26.6 Å². The van der Waals surface area contributed by atoms with Gasteiger partial charge in [0.25, 0.3) is 0 Å². The molecule has 0 fully saturated rings. The Bertz CT molecular complexity index is 823. The molecular formula is C19H24N2O3S. The molecule has 0 aliphatic heterocycles. The monoisotopic (exact) mass is 360 g/mol. The molecule has 0 bridgehead atoms. The minimum absolute atomic E-state index is 0.0487. The van der Waals surface area contributed by atoms with E-state index in [9.17, 15) is 13.2 Å². The van der Waals surface area contributed by atoms with Crippen molar-refractivity contribution in [3.05, 3.63) is 64.7 Å². The SMILES string of the molecule is Cc1cc(C)c(NC(=O)CNS(=O)(=O)CCc2ccccc2)c(C)c1. The van der Waals surface area contributed by atoms with Gasteiger partial charge >= 0.3 is 0 Å². The number of aryl methyl sites for hydroxylation is 4. The van der Waals surface area contributed by atoms with E-state index in [-0.39, 0.29) is 18.2 Å². The molecule has 6 heteroatoms. The summed E-state index contributed by atoms with van der Waals surface area (Å²) in [5.41, 5.74) is 4.72. The summed E-state index contributed by atoms with van der Waals surface area (Å²) in [4.78, 5) is 12.1. The van der Waals surface area contributed by atoms with Crippen LogP contribution in [0.2, 0.25) is 0 Å². The lowest BCUT2D eigenvalue weighted by Crippen LogP contribution is -2.35. The first-order valence-electron chi connectivity index (χ1n) is 8.16. The van der Waals surface area contributed by atoms with E-state index in [2.05, 4.69) is 10.0 Å². The average Bonchev–Trinajstić information content (AvgIpc) is 2.56. The molecule has 2 aromatic carbocycles. The van der Waals surface area contributed by atoms with E-state index in [0.717, 1.165) is 27.9 Å². The van der Waals surface area contributed by atoms with E-state index >= 15 is 0 Å². The number of carbonyl (C=O) groups excluding carboxylic acids is 1. The summed E-state index contributed by atoms with van der Waals surface area (Å²) in [7, 11) is -3.50. The topological polar surface area (TPSA) is 75.3 Å². The highest BCUT2D eigenvalue weighted by Crippen LogP contribution is 2.21.